The lowest BCUT2D eigenvalue weighted by Crippen LogP contribution is -1.90. The predicted molar refractivity (Wildman–Crippen MR) is 64.2 cm³/mol. The summed E-state index contributed by atoms with van der Waals surface area (Å²) in [7, 11) is 0. The molecule has 0 fully saturated rings. The first kappa shape index (κ1) is 11.9. The van der Waals surface area contributed by atoms with Crippen molar-refractivity contribution in [1.29, 1.82) is 0 Å². The molecule has 0 aliphatic heterocycles. The van der Waals surface area contributed by atoms with Crippen molar-refractivity contribution in [2.45, 2.75) is 37.4 Å². The lowest BCUT2D eigenvalue weighted by molar-refractivity contribution is 0.706. The molecule has 0 aliphatic carbocycles. The average Bonchev–Trinajstić information content (AvgIpc) is 2.15. The quantitative estimate of drug-likeness (QED) is 0.516. The van der Waals surface area contributed by atoms with E-state index in [9.17, 15) is 0 Å². The van der Waals surface area contributed by atoms with E-state index in [-0.39, 0.29) is 4.84 Å². The summed E-state index contributed by atoms with van der Waals surface area (Å²) in [5, 5.41) is 0. The van der Waals surface area contributed by atoms with Gasteiger partial charge in [0.25, 0.3) is 0 Å². The molecule has 0 amide bonds. The normalized spacial score (nSPS) is 10.9. The van der Waals surface area contributed by atoms with Crippen molar-refractivity contribution in [3.8, 4) is 0 Å². The van der Waals surface area contributed by atoms with Gasteiger partial charge in [-0.05, 0) is 31.7 Å². The van der Waals surface area contributed by atoms with E-state index in [0.29, 0.717) is 0 Å². The van der Waals surface area contributed by atoms with Gasteiger partial charge in [0.05, 0.1) is 0 Å². The number of hydrogen-bond acceptors (Lipinski definition) is 0. The molecule has 0 saturated carbocycles. The van der Waals surface area contributed by atoms with Gasteiger partial charge in [-0.25, -0.2) is 0 Å². The minimum absolute atomic E-state index is 0.201. The smallest absolute Gasteiger partial charge is 0.105 e. The summed E-state index contributed by atoms with van der Waals surface area (Å²) in [6.45, 7) is 2.11. The van der Waals surface area contributed by atoms with Crippen LogP contribution in [0.5, 0.6) is 0 Å². The third kappa shape index (κ3) is 4.88. The van der Waals surface area contributed by atoms with Gasteiger partial charge in [0.1, 0.15) is 4.84 Å². The van der Waals surface area contributed by atoms with Gasteiger partial charge in [-0.2, -0.15) is 0 Å². The Hall–Kier alpha value is -0.200. The molecule has 0 aliphatic rings. The highest BCUT2D eigenvalue weighted by atomic mass is 35.5. The fourth-order valence-corrected chi connectivity index (χ4v) is 1.69. The third-order valence-corrected chi connectivity index (χ3v) is 2.69. The van der Waals surface area contributed by atoms with Gasteiger partial charge in [-0.1, -0.05) is 36.2 Å². The van der Waals surface area contributed by atoms with Crippen LogP contribution in [0.3, 0.4) is 0 Å². The standard InChI is InChI=1S/C12H16Cl2/c1-10-6-8-11(9-7-10)4-2-3-5-12(13)14/h6-9,12H,2-5H2,1H3. The summed E-state index contributed by atoms with van der Waals surface area (Å²) in [5.41, 5.74) is 2.71. The predicted octanol–water partition coefficient (Wildman–Crippen LogP) is 4.51. The second-order valence-electron chi connectivity index (χ2n) is 3.62. The molecule has 0 bridgehead atoms. The molecule has 0 aromatic heterocycles. The first-order valence-electron chi connectivity index (χ1n) is 5.02. The Bertz CT molecular complexity index is 252. The van der Waals surface area contributed by atoms with E-state index in [1.54, 1.807) is 0 Å². The molecule has 78 valence electrons. The molecule has 0 atom stereocenters. The molecule has 0 unspecified atom stereocenters. The first-order valence-corrected chi connectivity index (χ1v) is 5.89. The van der Waals surface area contributed by atoms with E-state index >= 15 is 0 Å². The summed E-state index contributed by atoms with van der Waals surface area (Å²) in [5.74, 6) is 0. The van der Waals surface area contributed by atoms with Crippen LogP contribution in [-0.2, 0) is 6.42 Å². The van der Waals surface area contributed by atoms with Crippen LogP contribution in [0.4, 0.5) is 0 Å². The van der Waals surface area contributed by atoms with E-state index < -0.39 is 0 Å². The van der Waals surface area contributed by atoms with Crippen molar-refractivity contribution in [3.05, 3.63) is 35.4 Å². The van der Waals surface area contributed by atoms with Gasteiger partial charge in [-0.3, -0.25) is 0 Å². The first-order chi connectivity index (χ1) is 6.68. The Morgan fingerprint density at radius 2 is 1.71 bits per heavy atom. The van der Waals surface area contributed by atoms with Crippen LogP contribution in [0.2, 0.25) is 0 Å². The van der Waals surface area contributed by atoms with Gasteiger partial charge in [0.15, 0.2) is 0 Å². The van der Waals surface area contributed by atoms with E-state index in [1.807, 2.05) is 0 Å². The zero-order chi connectivity index (χ0) is 10.4. The van der Waals surface area contributed by atoms with Crippen LogP contribution in [0.15, 0.2) is 24.3 Å². The highest BCUT2D eigenvalue weighted by Gasteiger charge is 1.98. The number of halogens is 2. The van der Waals surface area contributed by atoms with Gasteiger partial charge in [0, 0.05) is 0 Å². The second kappa shape index (κ2) is 6.31. The van der Waals surface area contributed by atoms with E-state index in [4.69, 9.17) is 23.2 Å². The zero-order valence-corrected chi connectivity index (χ0v) is 9.98. The second-order valence-corrected chi connectivity index (χ2v) is 4.90. The Balaban J connectivity index is 2.21. The maximum atomic E-state index is 5.65. The van der Waals surface area contributed by atoms with Crippen molar-refractivity contribution in [2.24, 2.45) is 0 Å². The van der Waals surface area contributed by atoms with Crippen LogP contribution in [-0.4, -0.2) is 4.84 Å². The fourth-order valence-electron chi connectivity index (χ4n) is 1.38. The molecule has 1 aromatic carbocycles. The minimum Gasteiger partial charge on any atom is -0.105 e. The third-order valence-electron chi connectivity index (χ3n) is 2.26. The van der Waals surface area contributed by atoms with E-state index in [0.717, 1.165) is 19.3 Å². The number of rotatable bonds is 5. The fraction of sp³-hybridized carbons (Fsp3) is 0.500. The van der Waals surface area contributed by atoms with Crippen LogP contribution in [0.1, 0.15) is 30.4 Å². The molecule has 0 spiro atoms. The maximum absolute atomic E-state index is 5.65. The molecule has 1 rings (SSSR count). The van der Waals surface area contributed by atoms with Crippen LogP contribution in [0, 0.1) is 6.92 Å². The van der Waals surface area contributed by atoms with Crippen molar-refractivity contribution in [2.75, 3.05) is 0 Å². The molecule has 0 nitrogen and oxygen atoms in total. The largest absolute Gasteiger partial charge is 0.107 e. The topological polar surface area (TPSA) is 0 Å². The molecule has 0 N–H and O–H groups in total. The number of unbranched alkanes of at least 4 members (excludes halogenated alkanes) is 1. The molecule has 2 heteroatoms. The number of hydrogen-bond donors (Lipinski definition) is 0. The van der Waals surface area contributed by atoms with Crippen molar-refractivity contribution < 1.29 is 0 Å². The Morgan fingerprint density at radius 3 is 2.29 bits per heavy atom. The SMILES string of the molecule is Cc1ccc(CCCCC(Cl)Cl)cc1. The zero-order valence-electron chi connectivity index (χ0n) is 8.47. The molecular weight excluding hydrogens is 215 g/mol. The molecule has 1 aromatic rings. The van der Waals surface area contributed by atoms with Gasteiger partial charge >= 0.3 is 0 Å². The maximum Gasteiger partial charge on any atom is 0.107 e. The Morgan fingerprint density at radius 1 is 1.07 bits per heavy atom. The highest BCUT2D eigenvalue weighted by Crippen LogP contribution is 2.13. The highest BCUT2D eigenvalue weighted by molar-refractivity contribution is 6.44. The van der Waals surface area contributed by atoms with Crippen LogP contribution < -0.4 is 0 Å². The van der Waals surface area contributed by atoms with Gasteiger partial charge in [0.2, 0.25) is 0 Å². The van der Waals surface area contributed by atoms with Crippen molar-refractivity contribution in [1.82, 2.24) is 0 Å². The van der Waals surface area contributed by atoms with Crippen LogP contribution in [0.25, 0.3) is 0 Å². The number of alkyl halides is 2. The van der Waals surface area contributed by atoms with Gasteiger partial charge < -0.3 is 0 Å². The van der Waals surface area contributed by atoms with Crippen molar-refractivity contribution >= 4 is 23.2 Å². The Kier molecular flexibility index (Phi) is 5.36. The summed E-state index contributed by atoms with van der Waals surface area (Å²) in [6.07, 6.45) is 4.29. The summed E-state index contributed by atoms with van der Waals surface area (Å²) in [4.78, 5) is -0.201. The van der Waals surface area contributed by atoms with E-state index in [2.05, 4.69) is 31.2 Å². The molecular formula is C12H16Cl2. The van der Waals surface area contributed by atoms with Crippen LogP contribution >= 0.6 is 23.2 Å². The lowest BCUT2D eigenvalue weighted by atomic mass is 10.1. The molecule has 0 heterocycles. The lowest BCUT2D eigenvalue weighted by Gasteiger charge is -2.02. The summed E-state index contributed by atoms with van der Waals surface area (Å²) >= 11 is 11.3. The summed E-state index contributed by atoms with van der Waals surface area (Å²) in [6, 6.07) is 8.69. The molecule has 14 heavy (non-hydrogen) atoms. The van der Waals surface area contributed by atoms with Crippen molar-refractivity contribution in [3.63, 3.8) is 0 Å². The van der Waals surface area contributed by atoms with E-state index in [1.165, 1.54) is 17.5 Å². The average molecular weight is 231 g/mol. The summed E-state index contributed by atoms with van der Waals surface area (Å²) < 4.78 is 0. The number of benzene rings is 1. The minimum atomic E-state index is -0.201. The molecule has 0 saturated heterocycles. The monoisotopic (exact) mass is 230 g/mol. The number of aryl methyl sites for hydroxylation is 2. The van der Waals surface area contributed by atoms with Gasteiger partial charge in [-0.15, -0.1) is 23.2 Å². The molecule has 0 radical (unpaired) electrons. The Labute approximate surface area is 96.2 Å².